The fourth-order valence-corrected chi connectivity index (χ4v) is 8.82. The van der Waals surface area contributed by atoms with E-state index in [1.54, 1.807) is 24.3 Å². The number of carbonyl (C=O) groups excluding carboxylic acids is 2. The highest BCUT2D eigenvalue weighted by Crippen LogP contribution is 2.60. The summed E-state index contributed by atoms with van der Waals surface area (Å²) in [4.78, 5) is 61.9. The fraction of sp³-hybridized carbons (Fsp3) is 0.519. The molecule has 1 fully saturated rings. The van der Waals surface area contributed by atoms with Crippen LogP contribution < -0.4 is 11.4 Å². The van der Waals surface area contributed by atoms with Crippen LogP contribution in [-0.2, 0) is 46.3 Å². The number of nitrogen functional groups attached to an aromatic ring is 1. The summed E-state index contributed by atoms with van der Waals surface area (Å²) in [5.74, 6) is -1.53. The largest absolute Gasteiger partial charge is 0.481 e. The molecule has 1 aliphatic heterocycles. The molecule has 8 atom stereocenters. The Morgan fingerprint density at radius 2 is 1.27 bits per heavy atom. The number of rotatable bonds is 40. The minimum absolute atomic E-state index is 0.0538. The second kappa shape index (κ2) is 40.4. The van der Waals surface area contributed by atoms with Crippen molar-refractivity contribution in [3.05, 3.63) is 144 Å². The van der Waals surface area contributed by atoms with Crippen LogP contribution in [-0.4, -0.2) is 96.9 Å². The Morgan fingerprint density at radius 3 is 1.88 bits per heavy atom. The van der Waals surface area contributed by atoms with Gasteiger partial charge in [0, 0.05) is 19.0 Å². The Hall–Kier alpha value is -4.88. The Kier molecular flexibility index (Phi) is 35.7. The van der Waals surface area contributed by atoms with Crippen LogP contribution in [0.15, 0.2) is 139 Å². The van der Waals surface area contributed by atoms with Gasteiger partial charge in [-0.25, -0.2) is 13.9 Å². The Labute approximate surface area is 442 Å². The van der Waals surface area contributed by atoms with Gasteiger partial charge in [-0.2, -0.15) is 9.29 Å². The van der Waals surface area contributed by atoms with Gasteiger partial charge < -0.3 is 45.1 Å². The fourth-order valence-electron chi connectivity index (χ4n) is 6.71. The van der Waals surface area contributed by atoms with Crippen LogP contribution in [0.1, 0.15) is 129 Å². The average Bonchev–Trinajstić information content (AvgIpc) is 3.64. The molecule has 0 amide bonds. The molecule has 0 spiro atoms. The molecule has 0 radical (unpaired) electrons. The number of unbranched alkanes of at least 4 members (excludes halogenated alkanes) is 4. The number of phosphoric acid groups is 2. The van der Waals surface area contributed by atoms with Crippen molar-refractivity contribution in [1.29, 1.82) is 0 Å². The molecule has 19 nitrogen and oxygen atoms in total. The van der Waals surface area contributed by atoms with E-state index in [4.69, 9.17) is 29.0 Å². The van der Waals surface area contributed by atoms with Crippen molar-refractivity contribution in [2.75, 3.05) is 25.6 Å². The molecule has 1 aromatic heterocycles. The summed E-state index contributed by atoms with van der Waals surface area (Å²) >= 11 is 0. The molecule has 1 aromatic rings. The van der Waals surface area contributed by atoms with Crippen LogP contribution >= 0.6 is 15.6 Å². The van der Waals surface area contributed by atoms with Crippen LogP contribution in [0.4, 0.5) is 5.82 Å². The normalized spacial score (nSPS) is 20.2. The lowest BCUT2D eigenvalue weighted by atomic mass is 10.1. The summed E-state index contributed by atoms with van der Waals surface area (Å²) in [6, 6.07) is 1.23. The number of phosphoric ester groups is 2. The number of allylic oxidation sites excluding steroid dienone is 18. The van der Waals surface area contributed by atoms with Crippen molar-refractivity contribution in [1.82, 2.24) is 9.55 Å². The summed E-state index contributed by atoms with van der Waals surface area (Å²) in [6.07, 6.45) is 44.5. The summed E-state index contributed by atoms with van der Waals surface area (Å²) < 4.78 is 56.6. The predicted molar refractivity (Wildman–Crippen MR) is 290 cm³/mol. The summed E-state index contributed by atoms with van der Waals surface area (Å²) in [7, 11) is -11.0. The molecular weight excluding hydrogens is 1010 g/mol. The highest BCUT2D eigenvalue weighted by Gasteiger charge is 2.46. The van der Waals surface area contributed by atoms with Gasteiger partial charge in [0.05, 0.1) is 19.3 Å². The lowest BCUT2D eigenvalue weighted by Gasteiger charge is -2.21. The zero-order chi connectivity index (χ0) is 55.0. The highest BCUT2D eigenvalue weighted by atomic mass is 31.3. The molecule has 1 aliphatic rings. The number of carbonyl (C=O) groups is 2. The third kappa shape index (κ3) is 33.0. The molecule has 2 rings (SSSR count). The van der Waals surface area contributed by atoms with Gasteiger partial charge >= 0.3 is 33.3 Å². The van der Waals surface area contributed by atoms with Gasteiger partial charge in [0.2, 0.25) is 0 Å². The average molecular weight is 1090 g/mol. The van der Waals surface area contributed by atoms with Crippen LogP contribution in [0.3, 0.4) is 0 Å². The molecule has 21 heteroatoms. The lowest BCUT2D eigenvalue weighted by Crippen LogP contribution is -2.36. The number of hydrogen-bond acceptors (Lipinski definition) is 16. The van der Waals surface area contributed by atoms with Crippen LogP contribution in [0.5, 0.6) is 0 Å². The van der Waals surface area contributed by atoms with E-state index in [0.717, 1.165) is 87.8 Å². The molecule has 3 unspecified atom stereocenters. The molecule has 418 valence electrons. The maximum absolute atomic E-state index is 12.9. The summed E-state index contributed by atoms with van der Waals surface area (Å²) in [6.45, 7) is 1.72. The number of nitrogens with two attached hydrogens (primary N) is 1. The van der Waals surface area contributed by atoms with Crippen molar-refractivity contribution in [2.24, 2.45) is 0 Å². The second-order valence-electron chi connectivity index (χ2n) is 17.1. The van der Waals surface area contributed by atoms with Crippen LogP contribution in [0, 0.1) is 0 Å². The van der Waals surface area contributed by atoms with E-state index in [1.807, 2.05) is 12.2 Å². The van der Waals surface area contributed by atoms with Gasteiger partial charge in [-0.1, -0.05) is 148 Å². The molecule has 1 saturated heterocycles. The number of ether oxygens (including phenoxy) is 3. The number of anilines is 1. The van der Waals surface area contributed by atoms with Crippen LogP contribution in [0.25, 0.3) is 0 Å². The monoisotopic (exact) mass is 1090 g/mol. The van der Waals surface area contributed by atoms with Gasteiger partial charge in [-0.3, -0.25) is 23.2 Å². The Balaban J connectivity index is 1.87. The second-order valence-corrected chi connectivity index (χ2v) is 20.1. The molecule has 0 aromatic carbocycles. The molecule has 7 N–H and O–H groups in total. The SMILES string of the molecule is CC/C=C\C/C=C\C/C=C\C/C=C\C=C/C(O)C/C=C\CCC(=O)O[C@H](COC(=O)CCCCCC/C=C\C/C=C\C/C=C\C/C=C\CC)COP(=O)(O)OP(=O)(O)OC[C@H]1O[C@@H](n2ccc(N)nc2=O)[C@H](O)[C@@H]1O. The maximum atomic E-state index is 12.9. The highest BCUT2D eigenvalue weighted by molar-refractivity contribution is 7.61. The number of esters is 2. The molecule has 0 saturated carbocycles. The minimum Gasteiger partial charge on any atom is -0.462 e. The topological polar surface area (TPSA) is 286 Å². The first-order valence-corrected chi connectivity index (χ1v) is 28.6. The smallest absolute Gasteiger partial charge is 0.462 e. The van der Waals surface area contributed by atoms with Crippen molar-refractivity contribution >= 4 is 33.4 Å². The lowest BCUT2D eigenvalue weighted by molar-refractivity contribution is -0.161. The van der Waals surface area contributed by atoms with E-state index in [1.165, 1.54) is 6.07 Å². The zero-order valence-electron chi connectivity index (χ0n) is 43.4. The maximum Gasteiger partial charge on any atom is 0.481 e. The van der Waals surface area contributed by atoms with E-state index in [0.29, 0.717) is 6.42 Å². The van der Waals surface area contributed by atoms with Gasteiger partial charge in [0.15, 0.2) is 12.3 Å². The van der Waals surface area contributed by atoms with Gasteiger partial charge in [0.25, 0.3) is 0 Å². The minimum atomic E-state index is -5.48. The Morgan fingerprint density at radius 1 is 0.707 bits per heavy atom. The number of hydrogen-bond donors (Lipinski definition) is 6. The van der Waals surface area contributed by atoms with E-state index in [2.05, 4.69) is 108 Å². The zero-order valence-corrected chi connectivity index (χ0v) is 45.2. The number of nitrogens with zero attached hydrogens (tertiary/aromatic N) is 2. The molecule has 2 heterocycles. The third-order valence-electron chi connectivity index (χ3n) is 10.6. The molecule has 75 heavy (non-hydrogen) atoms. The first-order chi connectivity index (χ1) is 36.1. The van der Waals surface area contributed by atoms with E-state index < -0.39 is 89.8 Å². The Bertz CT molecular complexity index is 2250. The van der Waals surface area contributed by atoms with Gasteiger partial charge in [0.1, 0.15) is 30.7 Å². The standard InChI is InChI=1S/C54H81N3O16P2/c1-3-5-7-9-11-13-15-17-18-19-20-22-24-26-28-30-34-38-49(59)68-42-46(71-50(60)39-35-31-33-37-45(58)36-32-29-27-25-23-21-16-14-12-10-8-6-4-2)43-69-74(64,65)73-75(66,67)70-44-47-51(61)52(62)53(72-47)57-41-40-48(55)56-54(57)63/h5-8,11-14,17-18,20-23,27,29,31-33,36,40-41,45-47,51-53,58,61-62H,3-4,9-10,15-16,19,24-26,28,30,34-35,37-39,42-44H2,1-2H3,(H,64,65)(H,66,67)(H2,55,56,63)/b7-5-,8-6-,13-11-,14-12-,18-17-,22-20-,23-21-,29-27-,33-31-,36-32-/t45?,46-,47-,51-,52-,53-/m1/s1. The first-order valence-electron chi connectivity index (χ1n) is 25.7. The predicted octanol–water partition coefficient (Wildman–Crippen LogP) is 9.74. The quantitative estimate of drug-likeness (QED) is 0.0117. The summed E-state index contributed by atoms with van der Waals surface area (Å²) in [5, 5.41) is 31.2. The number of aromatic nitrogens is 2. The van der Waals surface area contributed by atoms with E-state index in [9.17, 15) is 48.6 Å². The van der Waals surface area contributed by atoms with Gasteiger partial charge in [-0.05, 0) is 89.5 Å². The van der Waals surface area contributed by atoms with Crippen LogP contribution in [0.2, 0.25) is 0 Å². The third-order valence-corrected chi connectivity index (χ3v) is 13.2. The first kappa shape index (κ1) is 66.2. The number of aliphatic hydroxyl groups excluding tert-OH is 3. The van der Waals surface area contributed by atoms with Crippen molar-refractivity contribution in [3.8, 4) is 0 Å². The van der Waals surface area contributed by atoms with Crippen molar-refractivity contribution in [2.45, 2.75) is 160 Å². The summed E-state index contributed by atoms with van der Waals surface area (Å²) in [5.41, 5.74) is 4.57. The molecular formula is C54H81N3O16P2. The molecule has 0 aliphatic carbocycles. The van der Waals surface area contributed by atoms with Crippen molar-refractivity contribution < 1.29 is 71.4 Å². The molecule has 0 bridgehead atoms. The van der Waals surface area contributed by atoms with E-state index >= 15 is 0 Å². The van der Waals surface area contributed by atoms with E-state index in [-0.39, 0.29) is 31.5 Å². The van der Waals surface area contributed by atoms with Crippen molar-refractivity contribution in [3.63, 3.8) is 0 Å². The number of aliphatic hydroxyl groups is 3. The van der Waals surface area contributed by atoms with Gasteiger partial charge in [-0.15, -0.1) is 0 Å².